The van der Waals surface area contributed by atoms with Gasteiger partial charge in [0.25, 0.3) is 0 Å². The molecule has 1 aromatic carbocycles. The number of halogens is 2. The van der Waals surface area contributed by atoms with Crippen LogP contribution < -0.4 is 0 Å². The van der Waals surface area contributed by atoms with Crippen molar-refractivity contribution in [3.8, 4) is 0 Å². The lowest BCUT2D eigenvalue weighted by Crippen LogP contribution is -2.54. The van der Waals surface area contributed by atoms with Gasteiger partial charge in [-0.1, -0.05) is 29.3 Å². The molecule has 4 rings (SSSR count). The second-order valence-electron chi connectivity index (χ2n) is 7.65. The van der Waals surface area contributed by atoms with Gasteiger partial charge in [-0.15, -0.1) is 0 Å². The number of fused-ring (bicyclic) bond motifs is 1. The minimum absolute atomic E-state index is 0.161. The van der Waals surface area contributed by atoms with E-state index in [1.54, 1.807) is 0 Å². The third kappa shape index (κ3) is 3.80. The summed E-state index contributed by atoms with van der Waals surface area (Å²) in [5.74, 6) is 0. The van der Waals surface area contributed by atoms with Gasteiger partial charge in [-0.25, -0.2) is 0 Å². The Bertz CT molecular complexity index is 778. The molecule has 6 heteroatoms. The standard InChI is InChI=1S/C20H25Cl2N3O/c1-14-9-25-13-18(26)8-17(25)12-24(14)11-16-3-2-6-23(16)10-15-4-5-19(21)20(22)7-15/h2-7,14,17-18,26H,8-13H2,1H3/t14-,17?,18+/m0/s1. The minimum atomic E-state index is -0.161. The van der Waals surface area contributed by atoms with E-state index in [1.807, 2.05) is 18.2 Å². The fourth-order valence-corrected chi connectivity index (χ4v) is 4.61. The second kappa shape index (κ2) is 7.53. The van der Waals surface area contributed by atoms with Gasteiger partial charge in [-0.2, -0.15) is 0 Å². The van der Waals surface area contributed by atoms with Crippen molar-refractivity contribution >= 4 is 23.2 Å². The molecular formula is C20H25Cl2N3O. The summed E-state index contributed by atoms with van der Waals surface area (Å²) in [6.45, 7) is 6.89. The molecule has 4 nitrogen and oxygen atoms in total. The summed E-state index contributed by atoms with van der Waals surface area (Å²) in [7, 11) is 0. The second-order valence-corrected chi connectivity index (χ2v) is 8.47. The Kier molecular flexibility index (Phi) is 5.31. The Morgan fingerprint density at radius 1 is 1.08 bits per heavy atom. The summed E-state index contributed by atoms with van der Waals surface area (Å²) in [6.07, 6.45) is 2.86. The smallest absolute Gasteiger partial charge is 0.0682 e. The van der Waals surface area contributed by atoms with Crippen LogP contribution >= 0.6 is 23.2 Å². The lowest BCUT2D eigenvalue weighted by Gasteiger charge is -2.42. The van der Waals surface area contributed by atoms with Crippen LogP contribution in [-0.4, -0.2) is 57.3 Å². The molecule has 2 aliphatic rings. The quantitative estimate of drug-likeness (QED) is 0.862. The van der Waals surface area contributed by atoms with Gasteiger partial charge in [-0.3, -0.25) is 9.80 Å². The monoisotopic (exact) mass is 393 g/mol. The number of aromatic nitrogens is 1. The minimum Gasteiger partial charge on any atom is -0.392 e. The highest BCUT2D eigenvalue weighted by molar-refractivity contribution is 6.42. The number of aliphatic hydroxyl groups excluding tert-OH is 1. The van der Waals surface area contributed by atoms with E-state index in [9.17, 15) is 5.11 Å². The first kappa shape index (κ1) is 18.3. The van der Waals surface area contributed by atoms with Crippen molar-refractivity contribution in [2.45, 2.75) is 44.6 Å². The van der Waals surface area contributed by atoms with E-state index in [-0.39, 0.29) is 6.10 Å². The third-order valence-electron chi connectivity index (χ3n) is 5.70. The van der Waals surface area contributed by atoms with E-state index in [2.05, 4.69) is 39.6 Å². The first-order chi connectivity index (χ1) is 12.5. The van der Waals surface area contributed by atoms with E-state index in [4.69, 9.17) is 23.2 Å². The molecule has 1 N–H and O–H groups in total. The van der Waals surface area contributed by atoms with Gasteiger partial charge in [0.05, 0.1) is 16.1 Å². The van der Waals surface area contributed by atoms with E-state index >= 15 is 0 Å². The van der Waals surface area contributed by atoms with Gasteiger partial charge in [-0.05, 0) is 43.2 Å². The molecule has 1 aromatic heterocycles. The molecule has 0 aliphatic carbocycles. The van der Waals surface area contributed by atoms with Crippen molar-refractivity contribution in [3.05, 3.63) is 57.8 Å². The van der Waals surface area contributed by atoms with Crippen molar-refractivity contribution in [3.63, 3.8) is 0 Å². The largest absolute Gasteiger partial charge is 0.392 e. The van der Waals surface area contributed by atoms with Gasteiger partial charge < -0.3 is 9.67 Å². The molecule has 0 spiro atoms. The summed E-state index contributed by atoms with van der Waals surface area (Å²) in [5, 5.41) is 11.1. The Morgan fingerprint density at radius 3 is 2.73 bits per heavy atom. The van der Waals surface area contributed by atoms with E-state index in [0.29, 0.717) is 22.1 Å². The van der Waals surface area contributed by atoms with Gasteiger partial charge in [0.1, 0.15) is 0 Å². The summed E-state index contributed by atoms with van der Waals surface area (Å²) < 4.78 is 2.28. The van der Waals surface area contributed by atoms with Crippen molar-refractivity contribution in [1.29, 1.82) is 0 Å². The highest BCUT2D eigenvalue weighted by Crippen LogP contribution is 2.27. The van der Waals surface area contributed by atoms with E-state index in [1.165, 1.54) is 5.69 Å². The van der Waals surface area contributed by atoms with Crippen molar-refractivity contribution in [1.82, 2.24) is 14.4 Å². The number of hydrogen-bond acceptors (Lipinski definition) is 3. The fourth-order valence-electron chi connectivity index (χ4n) is 4.29. The highest BCUT2D eigenvalue weighted by atomic mass is 35.5. The van der Waals surface area contributed by atoms with Crippen LogP contribution in [0.2, 0.25) is 10.0 Å². The molecule has 0 saturated carbocycles. The zero-order valence-corrected chi connectivity index (χ0v) is 16.5. The molecule has 0 bridgehead atoms. The molecule has 0 amide bonds. The summed E-state index contributed by atoms with van der Waals surface area (Å²) in [6, 6.07) is 11.1. The van der Waals surface area contributed by atoms with Gasteiger partial charge in [0.2, 0.25) is 0 Å². The van der Waals surface area contributed by atoms with Crippen molar-refractivity contribution in [2.24, 2.45) is 0 Å². The summed E-state index contributed by atoms with van der Waals surface area (Å²) in [4.78, 5) is 4.99. The van der Waals surface area contributed by atoms with Gasteiger partial charge in [0, 0.05) is 56.7 Å². The maximum absolute atomic E-state index is 9.95. The molecule has 3 atom stereocenters. The average molecular weight is 394 g/mol. The zero-order chi connectivity index (χ0) is 18.3. The number of hydrogen-bond donors (Lipinski definition) is 1. The topological polar surface area (TPSA) is 31.6 Å². The maximum Gasteiger partial charge on any atom is 0.0682 e. The van der Waals surface area contributed by atoms with Crippen LogP contribution in [0.1, 0.15) is 24.6 Å². The van der Waals surface area contributed by atoms with Gasteiger partial charge in [0.15, 0.2) is 0 Å². The van der Waals surface area contributed by atoms with Gasteiger partial charge >= 0.3 is 0 Å². The molecule has 1 unspecified atom stereocenters. The number of piperazine rings is 1. The Hall–Kier alpha value is -1.04. The fraction of sp³-hybridized carbons (Fsp3) is 0.500. The molecule has 140 valence electrons. The van der Waals surface area contributed by atoms with Crippen LogP contribution in [0.3, 0.4) is 0 Å². The van der Waals surface area contributed by atoms with Crippen molar-refractivity contribution in [2.75, 3.05) is 19.6 Å². The summed E-state index contributed by atoms with van der Waals surface area (Å²) in [5.41, 5.74) is 2.45. The van der Waals surface area contributed by atoms with Crippen molar-refractivity contribution < 1.29 is 5.11 Å². The Balaban J connectivity index is 1.46. The molecule has 2 aliphatic heterocycles. The van der Waals surface area contributed by atoms with E-state index < -0.39 is 0 Å². The Labute approximate surface area is 164 Å². The Morgan fingerprint density at radius 2 is 1.92 bits per heavy atom. The average Bonchev–Trinajstić information content (AvgIpc) is 3.17. The molecule has 0 radical (unpaired) electrons. The number of rotatable bonds is 4. The van der Waals surface area contributed by atoms with Crippen LogP contribution in [-0.2, 0) is 13.1 Å². The highest BCUT2D eigenvalue weighted by Gasteiger charge is 2.38. The first-order valence-corrected chi connectivity index (χ1v) is 9.99. The molecule has 2 saturated heterocycles. The number of benzene rings is 1. The normalized spacial score (nSPS) is 27.0. The lowest BCUT2D eigenvalue weighted by atomic mass is 10.1. The summed E-state index contributed by atoms with van der Waals surface area (Å²) >= 11 is 12.2. The third-order valence-corrected chi connectivity index (χ3v) is 6.44. The van der Waals surface area contributed by atoms with Crippen LogP contribution in [0.25, 0.3) is 0 Å². The predicted molar refractivity (Wildman–Crippen MR) is 106 cm³/mol. The number of nitrogens with zero attached hydrogens (tertiary/aromatic N) is 3. The zero-order valence-electron chi connectivity index (χ0n) is 15.0. The molecule has 2 fully saturated rings. The van der Waals surface area contributed by atoms with E-state index in [0.717, 1.165) is 44.7 Å². The first-order valence-electron chi connectivity index (χ1n) is 9.23. The maximum atomic E-state index is 9.95. The van der Waals surface area contributed by atoms with Crippen LogP contribution in [0.4, 0.5) is 0 Å². The molecule has 2 aromatic rings. The SMILES string of the molecule is C[C@H]1CN2C[C@H](O)CC2CN1Cc1cccn1Cc1ccc(Cl)c(Cl)c1. The van der Waals surface area contributed by atoms with Crippen LogP contribution in [0.5, 0.6) is 0 Å². The molecular weight excluding hydrogens is 369 g/mol. The van der Waals surface area contributed by atoms with Crippen LogP contribution in [0, 0.1) is 0 Å². The lowest BCUT2D eigenvalue weighted by molar-refractivity contribution is 0.0514. The molecule has 3 heterocycles. The predicted octanol–water partition coefficient (Wildman–Crippen LogP) is 3.48. The molecule has 26 heavy (non-hydrogen) atoms. The van der Waals surface area contributed by atoms with Crippen LogP contribution in [0.15, 0.2) is 36.5 Å². The number of aliphatic hydroxyl groups is 1.